The number of thiazole rings is 1. The third kappa shape index (κ3) is 7.96. The lowest BCUT2D eigenvalue weighted by Gasteiger charge is -2.12. The third-order valence-corrected chi connectivity index (χ3v) is 3.99. The highest BCUT2D eigenvalue weighted by atomic mass is 127. The number of nitrogens with one attached hydrogen (secondary N) is 2. The molecule has 2 N–H and O–H groups in total. The zero-order valence-corrected chi connectivity index (χ0v) is 17.3. The van der Waals surface area contributed by atoms with Gasteiger partial charge in [0.2, 0.25) is 0 Å². The first-order chi connectivity index (χ1) is 11.3. The summed E-state index contributed by atoms with van der Waals surface area (Å²) in [5.41, 5.74) is 0. The summed E-state index contributed by atoms with van der Waals surface area (Å²) in [5.74, 6) is 1.70. The summed E-state index contributed by atoms with van der Waals surface area (Å²) >= 11 is 1.73. The van der Waals surface area contributed by atoms with Gasteiger partial charge in [-0.05, 0) is 26.0 Å². The maximum Gasteiger partial charge on any atom is 0.191 e. The van der Waals surface area contributed by atoms with Crippen LogP contribution < -0.4 is 15.4 Å². The molecule has 5 nitrogen and oxygen atoms in total. The summed E-state index contributed by atoms with van der Waals surface area (Å²) in [4.78, 5) is 10.2. The van der Waals surface area contributed by atoms with Crippen LogP contribution in [0.1, 0.15) is 16.8 Å². The SMILES string of the molecule is CCNC(=NCCc1ncc(C)s1)NCCOc1ccccc1.I. The Balaban J connectivity index is 0.00000288. The molecule has 0 aliphatic heterocycles. The Kier molecular flexibility index (Phi) is 10.4. The zero-order chi connectivity index (χ0) is 16.3. The lowest BCUT2D eigenvalue weighted by molar-refractivity contribution is 0.322. The van der Waals surface area contributed by atoms with E-state index in [1.807, 2.05) is 36.5 Å². The Morgan fingerprint density at radius 2 is 2.04 bits per heavy atom. The van der Waals surface area contributed by atoms with Crippen LogP contribution >= 0.6 is 35.3 Å². The van der Waals surface area contributed by atoms with Crippen LogP contribution in [0, 0.1) is 6.92 Å². The highest BCUT2D eigenvalue weighted by Gasteiger charge is 2.00. The second-order valence-corrected chi connectivity index (χ2v) is 6.28. The van der Waals surface area contributed by atoms with E-state index in [0.29, 0.717) is 13.2 Å². The molecule has 1 aromatic carbocycles. The van der Waals surface area contributed by atoms with E-state index in [1.165, 1.54) is 4.88 Å². The van der Waals surface area contributed by atoms with Gasteiger partial charge in [-0.25, -0.2) is 4.98 Å². The molecule has 0 radical (unpaired) electrons. The average molecular weight is 460 g/mol. The number of ether oxygens (including phenoxy) is 1. The number of para-hydroxylation sites is 1. The minimum absolute atomic E-state index is 0. The topological polar surface area (TPSA) is 58.5 Å². The molecule has 0 unspecified atom stereocenters. The Bertz CT molecular complexity index is 604. The fourth-order valence-corrected chi connectivity index (χ4v) is 2.75. The summed E-state index contributed by atoms with van der Waals surface area (Å²) in [5, 5.41) is 7.65. The van der Waals surface area contributed by atoms with Gasteiger partial charge in [-0.1, -0.05) is 18.2 Å². The summed E-state index contributed by atoms with van der Waals surface area (Å²) in [6.45, 7) is 6.99. The van der Waals surface area contributed by atoms with Crippen molar-refractivity contribution in [1.82, 2.24) is 15.6 Å². The molecule has 0 fully saturated rings. The van der Waals surface area contributed by atoms with Gasteiger partial charge in [0.25, 0.3) is 0 Å². The van der Waals surface area contributed by atoms with E-state index in [0.717, 1.165) is 36.2 Å². The van der Waals surface area contributed by atoms with Gasteiger partial charge in [-0.2, -0.15) is 0 Å². The van der Waals surface area contributed by atoms with E-state index < -0.39 is 0 Å². The highest BCUT2D eigenvalue weighted by Crippen LogP contribution is 2.11. The second kappa shape index (κ2) is 12.1. The van der Waals surface area contributed by atoms with Crippen molar-refractivity contribution in [3.05, 3.63) is 46.4 Å². The zero-order valence-electron chi connectivity index (χ0n) is 14.1. The number of aryl methyl sites for hydroxylation is 1. The predicted octanol–water partition coefficient (Wildman–Crippen LogP) is 3.25. The first kappa shape index (κ1) is 20.7. The van der Waals surface area contributed by atoms with Crippen molar-refractivity contribution in [3.8, 4) is 5.75 Å². The number of guanidine groups is 1. The fraction of sp³-hybridized carbons (Fsp3) is 0.412. The quantitative estimate of drug-likeness (QED) is 0.275. The molecular weight excluding hydrogens is 435 g/mol. The lowest BCUT2D eigenvalue weighted by Crippen LogP contribution is -2.39. The summed E-state index contributed by atoms with van der Waals surface area (Å²) < 4.78 is 5.66. The Hall–Kier alpha value is -1.35. The number of aliphatic imine (C=N–C) groups is 1. The van der Waals surface area contributed by atoms with Gasteiger partial charge in [0.1, 0.15) is 12.4 Å². The number of aromatic nitrogens is 1. The molecule has 7 heteroatoms. The smallest absolute Gasteiger partial charge is 0.191 e. The van der Waals surface area contributed by atoms with Crippen molar-refractivity contribution in [3.63, 3.8) is 0 Å². The van der Waals surface area contributed by atoms with Crippen molar-refractivity contribution in [2.45, 2.75) is 20.3 Å². The van der Waals surface area contributed by atoms with Gasteiger partial charge in [0, 0.05) is 30.6 Å². The first-order valence-corrected chi connectivity index (χ1v) is 8.71. The van der Waals surface area contributed by atoms with Crippen LogP contribution in [-0.4, -0.2) is 37.2 Å². The molecule has 0 aliphatic rings. The average Bonchev–Trinajstić information content (AvgIpc) is 2.98. The van der Waals surface area contributed by atoms with Gasteiger partial charge in [0.15, 0.2) is 5.96 Å². The second-order valence-electron chi connectivity index (χ2n) is 4.96. The Labute approximate surface area is 165 Å². The number of nitrogens with zero attached hydrogens (tertiary/aromatic N) is 2. The molecule has 0 spiro atoms. The van der Waals surface area contributed by atoms with Crippen LogP contribution in [0.15, 0.2) is 41.5 Å². The molecule has 0 saturated heterocycles. The van der Waals surface area contributed by atoms with Crippen molar-refractivity contribution in [2.75, 3.05) is 26.2 Å². The number of hydrogen-bond acceptors (Lipinski definition) is 4. The molecule has 132 valence electrons. The molecule has 2 rings (SSSR count). The van der Waals surface area contributed by atoms with Crippen molar-refractivity contribution >= 4 is 41.3 Å². The van der Waals surface area contributed by atoms with Crippen LogP contribution in [0.5, 0.6) is 5.75 Å². The van der Waals surface area contributed by atoms with Crippen molar-refractivity contribution in [1.29, 1.82) is 0 Å². The maximum absolute atomic E-state index is 5.66. The number of benzene rings is 1. The highest BCUT2D eigenvalue weighted by molar-refractivity contribution is 14.0. The molecule has 0 amide bonds. The van der Waals surface area contributed by atoms with E-state index in [2.05, 4.69) is 34.5 Å². The Morgan fingerprint density at radius 3 is 2.71 bits per heavy atom. The summed E-state index contributed by atoms with van der Waals surface area (Å²) in [7, 11) is 0. The standard InChI is InChI=1S/C17H24N4OS.HI/c1-3-18-17(19-10-9-16-21-13-14(2)23-16)20-11-12-22-15-7-5-4-6-8-15;/h4-8,13H,3,9-12H2,1-2H3,(H2,18,19,20);1H. The molecule has 24 heavy (non-hydrogen) atoms. The molecule has 1 aromatic heterocycles. The summed E-state index contributed by atoms with van der Waals surface area (Å²) in [6.07, 6.45) is 2.78. The number of rotatable bonds is 8. The third-order valence-electron chi connectivity index (χ3n) is 3.02. The van der Waals surface area contributed by atoms with E-state index in [-0.39, 0.29) is 24.0 Å². The van der Waals surface area contributed by atoms with E-state index in [9.17, 15) is 0 Å². The first-order valence-electron chi connectivity index (χ1n) is 7.89. The maximum atomic E-state index is 5.66. The van der Waals surface area contributed by atoms with Crippen LogP contribution in [0.2, 0.25) is 0 Å². The molecule has 1 heterocycles. The molecule has 2 aromatic rings. The minimum atomic E-state index is 0. The van der Waals surface area contributed by atoms with Gasteiger partial charge in [0.05, 0.1) is 11.6 Å². The molecule has 0 atom stereocenters. The largest absolute Gasteiger partial charge is 0.492 e. The van der Waals surface area contributed by atoms with Gasteiger partial charge < -0.3 is 15.4 Å². The van der Waals surface area contributed by atoms with Crippen LogP contribution in [-0.2, 0) is 6.42 Å². The Morgan fingerprint density at radius 1 is 1.25 bits per heavy atom. The van der Waals surface area contributed by atoms with Gasteiger partial charge in [-0.3, -0.25) is 4.99 Å². The number of hydrogen-bond donors (Lipinski definition) is 2. The van der Waals surface area contributed by atoms with Crippen LogP contribution in [0.25, 0.3) is 0 Å². The molecular formula is C17H25IN4OS. The monoisotopic (exact) mass is 460 g/mol. The normalized spacial score (nSPS) is 10.8. The summed E-state index contributed by atoms with van der Waals surface area (Å²) in [6, 6.07) is 9.82. The molecule has 0 aliphatic carbocycles. The number of halogens is 1. The fourth-order valence-electron chi connectivity index (χ4n) is 1.98. The van der Waals surface area contributed by atoms with Gasteiger partial charge >= 0.3 is 0 Å². The molecule has 0 bridgehead atoms. The van der Waals surface area contributed by atoms with Gasteiger partial charge in [-0.15, -0.1) is 35.3 Å². The predicted molar refractivity (Wildman–Crippen MR) is 112 cm³/mol. The van der Waals surface area contributed by atoms with E-state index in [1.54, 1.807) is 11.3 Å². The van der Waals surface area contributed by atoms with Crippen molar-refractivity contribution in [2.24, 2.45) is 4.99 Å². The molecule has 0 saturated carbocycles. The van der Waals surface area contributed by atoms with Crippen molar-refractivity contribution < 1.29 is 4.74 Å². The lowest BCUT2D eigenvalue weighted by atomic mass is 10.3. The van der Waals surface area contributed by atoms with Crippen LogP contribution in [0.4, 0.5) is 0 Å². The van der Waals surface area contributed by atoms with E-state index in [4.69, 9.17) is 4.74 Å². The van der Waals surface area contributed by atoms with Crippen LogP contribution in [0.3, 0.4) is 0 Å². The van der Waals surface area contributed by atoms with E-state index >= 15 is 0 Å². The minimum Gasteiger partial charge on any atom is -0.492 e.